The summed E-state index contributed by atoms with van der Waals surface area (Å²) in [6.45, 7) is 2.76. The Bertz CT molecular complexity index is 598. The summed E-state index contributed by atoms with van der Waals surface area (Å²) in [5.74, 6) is 0.778. The molecule has 1 N–H and O–H groups in total. The summed E-state index contributed by atoms with van der Waals surface area (Å²) in [5, 5.41) is 3.29. The first-order chi connectivity index (χ1) is 11.0. The van der Waals surface area contributed by atoms with Crippen LogP contribution in [-0.4, -0.2) is 44.0 Å². The highest BCUT2D eigenvalue weighted by molar-refractivity contribution is 6.32. The molecule has 0 aromatic heterocycles. The number of carbonyl (C=O) groups is 2. The first-order valence-corrected chi connectivity index (χ1v) is 7.82. The molecule has 1 aromatic carbocycles. The third kappa shape index (κ3) is 4.07. The van der Waals surface area contributed by atoms with Crippen molar-refractivity contribution in [1.82, 2.24) is 4.90 Å². The van der Waals surface area contributed by atoms with Gasteiger partial charge in [0.25, 0.3) is 0 Å². The molecule has 1 fully saturated rings. The summed E-state index contributed by atoms with van der Waals surface area (Å²) in [6.07, 6.45) is 1.30. The Hall–Kier alpha value is -1.95. The Morgan fingerprint density at radius 1 is 1.17 bits per heavy atom. The molecule has 0 atom stereocenters. The van der Waals surface area contributed by atoms with Crippen LogP contribution in [0.1, 0.15) is 19.8 Å². The number of likely N-dealkylation sites (tertiary alicyclic amines) is 1. The van der Waals surface area contributed by atoms with Crippen molar-refractivity contribution in [2.45, 2.75) is 19.8 Å². The van der Waals surface area contributed by atoms with E-state index in [0.717, 1.165) is 0 Å². The molecule has 1 aliphatic rings. The van der Waals surface area contributed by atoms with Gasteiger partial charge in [-0.15, -0.1) is 0 Å². The van der Waals surface area contributed by atoms with Gasteiger partial charge in [-0.2, -0.15) is 0 Å². The predicted octanol–water partition coefficient (Wildman–Crippen LogP) is 2.55. The number of anilines is 1. The van der Waals surface area contributed by atoms with E-state index in [1.807, 2.05) is 0 Å². The molecule has 7 heteroatoms. The lowest BCUT2D eigenvalue weighted by molar-refractivity contribution is -0.132. The molecular weight excluding hydrogens is 320 g/mol. The Labute approximate surface area is 140 Å². The van der Waals surface area contributed by atoms with Gasteiger partial charge in [0.05, 0.1) is 24.9 Å². The van der Waals surface area contributed by atoms with Crippen LogP contribution in [0.15, 0.2) is 12.1 Å². The van der Waals surface area contributed by atoms with Gasteiger partial charge in [-0.05, 0) is 12.8 Å². The van der Waals surface area contributed by atoms with E-state index in [-0.39, 0.29) is 17.7 Å². The molecule has 0 unspecified atom stereocenters. The zero-order chi connectivity index (χ0) is 17.0. The second-order valence-electron chi connectivity index (χ2n) is 5.46. The van der Waals surface area contributed by atoms with Gasteiger partial charge in [0, 0.05) is 38.1 Å². The fraction of sp³-hybridized carbons (Fsp3) is 0.500. The van der Waals surface area contributed by atoms with Gasteiger partial charge < -0.3 is 19.7 Å². The van der Waals surface area contributed by atoms with Crippen LogP contribution in [0, 0.1) is 5.92 Å². The van der Waals surface area contributed by atoms with E-state index in [1.165, 1.54) is 14.2 Å². The van der Waals surface area contributed by atoms with Crippen LogP contribution in [0.25, 0.3) is 0 Å². The molecule has 23 heavy (non-hydrogen) atoms. The van der Waals surface area contributed by atoms with E-state index in [0.29, 0.717) is 48.1 Å². The smallest absolute Gasteiger partial charge is 0.227 e. The van der Waals surface area contributed by atoms with Gasteiger partial charge in [-0.3, -0.25) is 9.59 Å². The lowest BCUT2D eigenvalue weighted by Crippen LogP contribution is -2.40. The fourth-order valence-electron chi connectivity index (χ4n) is 2.65. The van der Waals surface area contributed by atoms with Crippen LogP contribution >= 0.6 is 11.6 Å². The number of ether oxygens (including phenoxy) is 2. The van der Waals surface area contributed by atoms with Crippen molar-refractivity contribution in [3.05, 3.63) is 17.2 Å². The molecule has 1 aliphatic heterocycles. The number of amides is 2. The summed E-state index contributed by atoms with van der Waals surface area (Å²) in [7, 11) is 3.02. The first kappa shape index (κ1) is 17.4. The van der Waals surface area contributed by atoms with Crippen molar-refractivity contribution in [2.24, 2.45) is 5.92 Å². The molecular formula is C16H21ClN2O4. The zero-order valence-electron chi connectivity index (χ0n) is 13.5. The maximum atomic E-state index is 12.5. The highest BCUT2D eigenvalue weighted by Crippen LogP contribution is 2.36. The van der Waals surface area contributed by atoms with Gasteiger partial charge in [0.2, 0.25) is 11.8 Å². The van der Waals surface area contributed by atoms with Crippen molar-refractivity contribution in [1.29, 1.82) is 0 Å². The first-order valence-electron chi connectivity index (χ1n) is 7.44. The van der Waals surface area contributed by atoms with E-state index < -0.39 is 0 Å². The molecule has 1 saturated heterocycles. The molecule has 2 rings (SSSR count). The third-order valence-electron chi connectivity index (χ3n) is 4.04. The molecule has 1 aromatic rings. The van der Waals surface area contributed by atoms with Crippen LogP contribution in [0.5, 0.6) is 11.5 Å². The summed E-state index contributed by atoms with van der Waals surface area (Å²) >= 11 is 6.06. The van der Waals surface area contributed by atoms with Crippen LogP contribution in [0.4, 0.5) is 5.69 Å². The number of hydrogen-bond donors (Lipinski definition) is 1. The van der Waals surface area contributed by atoms with Crippen LogP contribution in [0.2, 0.25) is 5.02 Å². The molecule has 0 radical (unpaired) electrons. The van der Waals surface area contributed by atoms with Crippen LogP contribution in [-0.2, 0) is 9.59 Å². The predicted molar refractivity (Wildman–Crippen MR) is 88.2 cm³/mol. The molecule has 0 saturated carbocycles. The summed E-state index contributed by atoms with van der Waals surface area (Å²) < 4.78 is 10.4. The van der Waals surface area contributed by atoms with Crippen molar-refractivity contribution < 1.29 is 19.1 Å². The monoisotopic (exact) mass is 340 g/mol. The largest absolute Gasteiger partial charge is 0.495 e. The summed E-state index contributed by atoms with van der Waals surface area (Å²) in [6, 6.07) is 3.25. The van der Waals surface area contributed by atoms with Crippen LogP contribution < -0.4 is 14.8 Å². The lowest BCUT2D eigenvalue weighted by atomic mass is 9.95. The lowest BCUT2D eigenvalue weighted by Gasteiger charge is -2.30. The van der Waals surface area contributed by atoms with Crippen molar-refractivity contribution in [3.63, 3.8) is 0 Å². The second kappa shape index (κ2) is 7.55. The van der Waals surface area contributed by atoms with E-state index in [1.54, 1.807) is 24.0 Å². The van der Waals surface area contributed by atoms with Gasteiger partial charge in [-0.25, -0.2) is 0 Å². The Morgan fingerprint density at radius 3 is 2.30 bits per heavy atom. The normalized spacial score (nSPS) is 15.2. The number of nitrogens with one attached hydrogen (secondary N) is 1. The topological polar surface area (TPSA) is 67.9 Å². The van der Waals surface area contributed by atoms with Gasteiger partial charge >= 0.3 is 0 Å². The number of carbonyl (C=O) groups excluding carboxylic acids is 2. The van der Waals surface area contributed by atoms with Gasteiger partial charge in [0.15, 0.2) is 0 Å². The summed E-state index contributed by atoms with van der Waals surface area (Å²) in [4.78, 5) is 25.5. The molecule has 2 amide bonds. The average Bonchev–Trinajstić information content (AvgIpc) is 2.55. The molecule has 126 valence electrons. The van der Waals surface area contributed by atoms with Crippen molar-refractivity contribution in [3.8, 4) is 11.5 Å². The number of rotatable bonds is 4. The minimum atomic E-state index is -0.128. The molecule has 6 nitrogen and oxygen atoms in total. The quantitative estimate of drug-likeness (QED) is 0.914. The Balaban J connectivity index is 2.07. The highest BCUT2D eigenvalue weighted by atomic mass is 35.5. The highest BCUT2D eigenvalue weighted by Gasteiger charge is 2.26. The van der Waals surface area contributed by atoms with Crippen molar-refractivity contribution >= 4 is 29.1 Å². The number of halogens is 1. The molecule has 1 heterocycles. The molecule has 0 aliphatic carbocycles. The van der Waals surface area contributed by atoms with Gasteiger partial charge in [-0.1, -0.05) is 11.6 Å². The molecule has 0 bridgehead atoms. The summed E-state index contributed by atoms with van der Waals surface area (Å²) in [5.41, 5.74) is 0.521. The number of nitrogens with zero attached hydrogens (tertiary/aromatic N) is 1. The minimum absolute atomic E-state index is 0.0490. The number of hydrogen-bond acceptors (Lipinski definition) is 4. The number of methoxy groups -OCH3 is 2. The second-order valence-corrected chi connectivity index (χ2v) is 5.86. The SMILES string of the molecule is COc1cc(NC(=O)C2CCN(C(C)=O)CC2)c(OC)cc1Cl. The van der Waals surface area contributed by atoms with E-state index in [9.17, 15) is 9.59 Å². The fourth-order valence-corrected chi connectivity index (χ4v) is 2.88. The average molecular weight is 341 g/mol. The number of piperidine rings is 1. The standard InChI is InChI=1S/C16H21ClN2O4/c1-10(20)19-6-4-11(5-7-19)16(21)18-13-9-14(22-2)12(17)8-15(13)23-3/h8-9,11H,4-7H2,1-3H3,(H,18,21). The Morgan fingerprint density at radius 2 is 1.78 bits per heavy atom. The van der Waals surface area contributed by atoms with Crippen molar-refractivity contribution in [2.75, 3.05) is 32.6 Å². The zero-order valence-corrected chi connectivity index (χ0v) is 14.3. The van der Waals surface area contributed by atoms with Gasteiger partial charge in [0.1, 0.15) is 11.5 Å². The maximum absolute atomic E-state index is 12.5. The van der Waals surface area contributed by atoms with E-state index in [4.69, 9.17) is 21.1 Å². The molecule has 0 spiro atoms. The van der Waals surface area contributed by atoms with E-state index >= 15 is 0 Å². The van der Waals surface area contributed by atoms with E-state index in [2.05, 4.69) is 5.32 Å². The number of benzene rings is 1. The minimum Gasteiger partial charge on any atom is -0.495 e. The van der Waals surface area contributed by atoms with Crippen LogP contribution in [0.3, 0.4) is 0 Å². The Kier molecular flexibility index (Phi) is 5.71. The maximum Gasteiger partial charge on any atom is 0.227 e. The third-order valence-corrected chi connectivity index (χ3v) is 4.34.